The first-order valence-corrected chi connectivity index (χ1v) is 10.3. The molecule has 7 heteroatoms. The maximum Gasteiger partial charge on any atom is 0.299 e. The Bertz CT molecular complexity index is 1070. The number of likely N-dealkylation sites (tertiary alicyclic amines) is 1. The van der Waals surface area contributed by atoms with Crippen LogP contribution in [0.5, 0.6) is 11.6 Å². The number of aromatic hydroxyl groups is 1. The molecule has 3 aromatic rings. The lowest BCUT2D eigenvalue weighted by molar-refractivity contribution is 0.0992. The predicted octanol–water partition coefficient (Wildman–Crippen LogP) is 5.11. The number of carbonyl (C=O) groups excluding carboxylic acids is 1. The van der Waals surface area contributed by atoms with E-state index >= 15 is 0 Å². The van der Waals surface area contributed by atoms with Crippen LogP contribution >= 0.6 is 0 Å². The van der Waals surface area contributed by atoms with Crippen LogP contribution in [-0.2, 0) is 6.67 Å². The first kappa shape index (κ1) is 20.1. The fraction of sp³-hybridized carbons (Fsp3) is 0.348. The highest BCUT2D eigenvalue weighted by molar-refractivity contribution is 5.98. The number of aromatic nitrogens is 1. The quantitative estimate of drug-likeness (QED) is 0.597. The summed E-state index contributed by atoms with van der Waals surface area (Å²) in [4.78, 5) is 14.9. The minimum Gasteiger partial charge on any atom is -0.496 e. The van der Waals surface area contributed by atoms with Gasteiger partial charge in [0.05, 0.1) is 24.9 Å². The van der Waals surface area contributed by atoms with Crippen LogP contribution in [0, 0.1) is 0 Å². The van der Waals surface area contributed by atoms with E-state index in [0.29, 0.717) is 23.7 Å². The Labute approximate surface area is 175 Å². The van der Waals surface area contributed by atoms with Crippen LogP contribution in [0.3, 0.4) is 0 Å². The highest BCUT2D eigenvalue weighted by atomic mass is 16.5. The van der Waals surface area contributed by atoms with E-state index in [2.05, 4.69) is 15.1 Å². The smallest absolute Gasteiger partial charge is 0.299 e. The SMILES string of the molecule is COc1ccccc1C(=O)N=Nc1c(O)n(CN2CCCCCC2)c2ccccc12. The highest BCUT2D eigenvalue weighted by Crippen LogP contribution is 2.39. The molecule has 0 unspecified atom stereocenters. The molecule has 2 heterocycles. The van der Waals surface area contributed by atoms with Crippen molar-refractivity contribution in [2.45, 2.75) is 32.4 Å². The summed E-state index contributed by atoms with van der Waals surface area (Å²) in [6.45, 7) is 2.60. The number of rotatable bonds is 5. The largest absolute Gasteiger partial charge is 0.496 e. The van der Waals surface area contributed by atoms with Gasteiger partial charge < -0.3 is 9.84 Å². The number of nitrogens with zero attached hydrogens (tertiary/aromatic N) is 4. The maximum atomic E-state index is 12.6. The number of ether oxygens (including phenoxy) is 1. The Kier molecular flexibility index (Phi) is 6.09. The molecular formula is C23H26N4O3. The van der Waals surface area contributed by atoms with Crippen LogP contribution < -0.4 is 4.74 Å². The second-order valence-electron chi connectivity index (χ2n) is 7.50. The van der Waals surface area contributed by atoms with Crippen molar-refractivity contribution in [1.29, 1.82) is 0 Å². The first-order valence-electron chi connectivity index (χ1n) is 10.3. The molecule has 1 amide bonds. The summed E-state index contributed by atoms with van der Waals surface area (Å²) in [6.07, 6.45) is 4.83. The van der Waals surface area contributed by atoms with Crippen molar-refractivity contribution in [3.63, 3.8) is 0 Å². The zero-order valence-corrected chi connectivity index (χ0v) is 17.1. The molecule has 1 aliphatic heterocycles. The second-order valence-corrected chi connectivity index (χ2v) is 7.50. The molecule has 0 radical (unpaired) electrons. The molecule has 0 aliphatic carbocycles. The summed E-state index contributed by atoms with van der Waals surface area (Å²) in [5.74, 6) is -0.0533. The summed E-state index contributed by atoms with van der Waals surface area (Å²) in [5, 5.41) is 19.7. The molecule has 7 nitrogen and oxygen atoms in total. The number of methoxy groups -OCH3 is 1. The molecule has 1 aromatic heterocycles. The summed E-state index contributed by atoms with van der Waals surface area (Å²) in [7, 11) is 1.51. The Balaban J connectivity index is 1.66. The average Bonchev–Trinajstić information content (AvgIpc) is 2.94. The fourth-order valence-corrected chi connectivity index (χ4v) is 3.96. The Morgan fingerprint density at radius 3 is 2.50 bits per heavy atom. The van der Waals surface area contributed by atoms with Crippen molar-refractivity contribution in [3.05, 3.63) is 54.1 Å². The van der Waals surface area contributed by atoms with E-state index in [1.165, 1.54) is 32.8 Å². The molecule has 4 rings (SSSR count). The van der Waals surface area contributed by atoms with Crippen LogP contribution in [0.25, 0.3) is 10.9 Å². The third-order valence-electron chi connectivity index (χ3n) is 5.54. The number of para-hydroxylation sites is 2. The Morgan fingerprint density at radius 1 is 1.03 bits per heavy atom. The molecule has 1 aliphatic rings. The molecule has 156 valence electrons. The zero-order chi connectivity index (χ0) is 20.9. The van der Waals surface area contributed by atoms with Gasteiger partial charge in [0.2, 0.25) is 5.88 Å². The lowest BCUT2D eigenvalue weighted by atomic mass is 10.2. The number of benzene rings is 2. The van der Waals surface area contributed by atoms with Crippen molar-refractivity contribution < 1.29 is 14.6 Å². The number of hydrogen-bond acceptors (Lipinski definition) is 5. The second kappa shape index (κ2) is 9.09. The van der Waals surface area contributed by atoms with E-state index in [0.717, 1.165) is 24.0 Å². The minimum absolute atomic E-state index is 0.0250. The molecule has 2 aromatic carbocycles. The van der Waals surface area contributed by atoms with Gasteiger partial charge in [0.25, 0.3) is 5.91 Å². The van der Waals surface area contributed by atoms with Crippen molar-refractivity contribution >= 4 is 22.5 Å². The van der Waals surface area contributed by atoms with E-state index in [-0.39, 0.29) is 5.88 Å². The van der Waals surface area contributed by atoms with Gasteiger partial charge in [0.15, 0.2) is 5.69 Å². The molecular weight excluding hydrogens is 380 g/mol. The standard InChI is InChI=1S/C23H26N4O3/c1-30-20-13-7-5-11-18(20)22(28)25-24-21-17-10-4-6-12-19(17)27(23(21)29)16-26-14-8-2-3-9-15-26/h4-7,10-13,29H,2-3,8-9,14-16H2,1H3. The predicted molar refractivity (Wildman–Crippen MR) is 115 cm³/mol. The van der Waals surface area contributed by atoms with Gasteiger partial charge in [-0.1, -0.05) is 43.2 Å². The maximum absolute atomic E-state index is 12.6. The number of amides is 1. The summed E-state index contributed by atoms with van der Waals surface area (Å²) < 4.78 is 7.08. The molecule has 1 saturated heterocycles. The normalized spacial score (nSPS) is 15.5. The summed E-state index contributed by atoms with van der Waals surface area (Å²) in [5.41, 5.74) is 1.51. The van der Waals surface area contributed by atoms with Gasteiger partial charge in [0.1, 0.15) is 5.75 Å². The van der Waals surface area contributed by atoms with E-state index in [1.807, 2.05) is 28.8 Å². The third kappa shape index (κ3) is 4.07. The van der Waals surface area contributed by atoms with Crippen LogP contribution in [0.4, 0.5) is 5.69 Å². The lowest BCUT2D eigenvalue weighted by Gasteiger charge is -2.21. The number of carbonyl (C=O) groups is 1. The first-order chi connectivity index (χ1) is 14.7. The van der Waals surface area contributed by atoms with Gasteiger partial charge in [-0.3, -0.25) is 14.3 Å². The molecule has 0 bridgehead atoms. The Morgan fingerprint density at radius 2 is 1.73 bits per heavy atom. The van der Waals surface area contributed by atoms with Gasteiger partial charge in [-0.15, -0.1) is 10.2 Å². The third-order valence-corrected chi connectivity index (χ3v) is 5.54. The van der Waals surface area contributed by atoms with E-state index in [1.54, 1.807) is 24.3 Å². The Hall–Kier alpha value is -3.19. The molecule has 30 heavy (non-hydrogen) atoms. The van der Waals surface area contributed by atoms with Crippen LogP contribution in [0.1, 0.15) is 36.0 Å². The van der Waals surface area contributed by atoms with Crippen molar-refractivity contribution in [3.8, 4) is 11.6 Å². The van der Waals surface area contributed by atoms with Crippen molar-refractivity contribution in [2.24, 2.45) is 10.2 Å². The monoisotopic (exact) mass is 406 g/mol. The van der Waals surface area contributed by atoms with Gasteiger partial charge in [-0.2, -0.15) is 0 Å². The molecule has 1 N–H and O–H groups in total. The summed E-state index contributed by atoms with van der Waals surface area (Å²) >= 11 is 0. The fourth-order valence-electron chi connectivity index (χ4n) is 3.96. The van der Waals surface area contributed by atoms with Gasteiger partial charge in [0, 0.05) is 5.39 Å². The van der Waals surface area contributed by atoms with Crippen LogP contribution in [0.15, 0.2) is 58.8 Å². The van der Waals surface area contributed by atoms with Crippen molar-refractivity contribution in [1.82, 2.24) is 9.47 Å². The average molecular weight is 406 g/mol. The number of fused-ring (bicyclic) bond motifs is 1. The van der Waals surface area contributed by atoms with Crippen LogP contribution in [-0.4, -0.2) is 40.7 Å². The van der Waals surface area contributed by atoms with E-state index < -0.39 is 5.91 Å². The number of hydrogen-bond donors (Lipinski definition) is 1. The van der Waals surface area contributed by atoms with Gasteiger partial charge in [-0.25, -0.2) is 0 Å². The minimum atomic E-state index is -0.517. The van der Waals surface area contributed by atoms with E-state index in [9.17, 15) is 9.90 Å². The zero-order valence-electron chi connectivity index (χ0n) is 17.1. The lowest BCUT2D eigenvalue weighted by Crippen LogP contribution is -2.27. The van der Waals surface area contributed by atoms with E-state index in [4.69, 9.17) is 4.74 Å². The van der Waals surface area contributed by atoms with Gasteiger partial charge in [-0.05, 0) is 44.1 Å². The number of azo groups is 1. The topological polar surface area (TPSA) is 79.4 Å². The molecule has 0 spiro atoms. The van der Waals surface area contributed by atoms with Crippen molar-refractivity contribution in [2.75, 3.05) is 20.2 Å². The molecule has 0 saturated carbocycles. The highest BCUT2D eigenvalue weighted by Gasteiger charge is 2.20. The molecule has 0 atom stereocenters. The van der Waals surface area contributed by atoms with Crippen LogP contribution in [0.2, 0.25) is 0 Å². The summed E-state index contributed by atoms with van der Waals surface area (Å²) in [6, 6.07) is 14.5. The molecule has 1 fully saturated rings. The van der Waals surface area contributed by atoms with Gasteiger partial charge >= 0.3 is 0 Å².